The number of aromatic nitrogens is 1. The second-order valence-electron chi connectivity index (χ2n) is 3.13. The van der Waals surface area contributed by atoms with E-state index in [-0.39, 0.29) is 5.91 Å². The van der Waals surface area contributed by atoms with E-state index >= 15 is 0 Å². The predicted octanol–water partition coefficient (Wildman–Crippen LogP) is 1.56. The van der Waals surface area contributed by atoms with Gasteiger partial charge < -0.3 is 5.32 Å². The fourth-order valence-electron chi connectivity index (χ4n) is 1.18. The zero-order valence-electron chi connectivity index (χ0n) is 8.60. The third-order valence-electron chi connectivity index (χ3n) is 1.90. The van der Waals surface area contributed by atoms with Crippen molar-refractivity contribution in [2.45, 2.75) is 25.8 Å². The molecule has 0 aliphatic rings. The van der Waals surface area contributed by atoms with Crippen LogP contribution in [0.25, 0.3) is 0 Å². The van der Waals surface area contributed by atoms with E-state index in [1.807, 2.05) is 13.0 Å². The smallest absolute Gasteiger partial charge is 0.221 e. The molecule has 0 bridgehead atoms. The Morgan fingerprint density at radius 1 is 1.67 bits per heavy atom. The molecule has 1 rings (SSSR count). The third-order valence-corrected chi connectivity index (χ3v) is 1.90. The minimum Gasteiger partial charge on any atom is -0.335 e. The molecule has 0 fully saturated rings. The number of amides is 1. The molecule has 4 nitrogen and oxygen atoms in total. The Labute approximate surface area is 88.9 Å². The predicted molar refractivity (Wildman–Crippen MR) is 55.6 cm³/mol. The average Bonchev–Trinajstić information content (AvgIpc) is 2.27. The highest BCUT2D eigenvalue weighted by atomic mass is 16.1. The fourth-order valence-corrected chi connectivity index (χ4v) is 1.18. The molecule has 78 valence electrons. The van der Waals surface area contributed by atoms with Crippen molar-refractivity contribution in [2.24, 2.45) is 0 Å². The first-order valence-corrected chi connectivity index (χ1v) is 4.87. The van der Waals surface area contributed by atoms with Gasteiger partial charge in [-0.15, -0.1) is 0 Å². The minimum atomic E-state index is -0.648. The van der Waals surface area contributed by atoms with E-state index in [1.54, 1.807) is 24.4 Å². The van der Waals surface area contributed by atoms with Gasteiger partial charge in [0.05, 0.1) is 11.8 Å². The van der Waals surface area contributed by atoms with Crippen LogP contribution in [0.1, 0.15) is 31.5 Å². The first-order chi connectivity index (χ1) is 7.27. The first kappa shape index (κ1) is 11.2. The summed E-state index contributed by atoms with van der Waals surface area (Å²) in [4.78, 5) is 15.3. The third kappa shape index (κ3) is 3.39. The van der Waals surface area contributed by atoms with Crippen LogP contribution in [-0.4, -0.2) is 10.9 Å². The molecule has 1 heterocycles. The van der Waals surface area contributed by atoms with Gasteiger partial charge in [0.2, 0.25) is 5.91 Å². The van der Waals surface area contributed by atoms with Crippen molar-refractivity contribution in [3.05, 3.63) is 30.1 Å². The van der Waals surface area contributed by atoms with E-state index in [0.29, 0.717) is 12.1 Å². The molecule has 15 heavy (non-hydrogen) atoms. The molecule has 0 aromatic carbocycles. The van der Waals surface area contributed by atoms with Crippen LogP contribution in [-0.2, 0) is 4.79 Å². The Bertz CT molecular complexity index is 356. The van der Waals surface area contributed by atoms with Crippen molar-refractivity contribution in [1.82, 2.24) is 10.3 Å². The van der Waals surface area contributed by atoms with E-state index in [9.17, 15) is 4.79 Å². The maximum atomic E-state index is 11.3. The summed E-state index contributed by atoms with van der Waals surface area (Å²) >= 11 is 0. The van der Waals surface area contributed by atoms with E-state index in [1.165, 1.54) is 0 Å². The lowest BCUT2D eigenvalue weighted by Gasteiger charge is -2.10. The summed E-state index contributed by atoms with van der Waals surface area (Å²) in [5.74, 6) is -0.116. The van der Waals surface area contributed by atoms with Gasteiger partial charge in [-0.2, -0.15) is 5.26 Å². The number of carbonyl (C=O) groups excluding carboxylic acids is 1. The Balaban J connectivity index is 2.66. The molecule has 0 aliphatic heterocycles. The van der Waals surface area contributed by atoms with Crippen molar-refractivity contribution in [1.29, 1.82) is 5.26 Å². The fraction of sp³-hybridized carbons (Fsp3) is 0.364. The molecule has 1 amide bonds. The lowest BCUT2D eigenvalue weighted by Crippen LogP contribution is -2.27. The van der Waals surface area contributed by atoms with Gasteiger partial charge >= 0.3 is 0 Å². The maximum Gasteiger partial charge on any atom is 0.221 e. The van der Waals surface area contributed by atoms with E-state index in [4.69, 9.17) is 5.26 Å². The van der Waals surface area contributed by atoms with Gasteiger partial charge in [0, 0.05) is 12.6 Å². The minimum absolute atomic E-state index is 0.116. The van der Waals surface area contributed by atoms with Gasteiger partial charge in [-0.1, -0.05) is 13.0 Å². The molecule has 1 atom stereocenters. The summed E-state index contributed by atoms with van der Waals surface area (Å²) in [6.07, 6.45) is 2.81. The zero-order valence-corrected chi connectivity index (χ0v) is 8.60. The number of hydrogen-bond acceptors (Lipinski definition) is 3. The summed E-state index contributed by atoms with van der Waals surface area (Å²) in [5.41, 5.74) is 0.574. The molecule has 0 spiro atoms. The zero-order chi connectivity index (χ0) is 11.1. The Morgan fingerprint density at radius 3 is 3.00 bits per heavy atom. The van der Waals surface area contributed by atoms with Crippen LogP contribution in [0.3, 0.4) is 0 Å². The van der Waals surface area contributed by atoms with Crippen LogP contribution < -0.4 is 5.32 Å². The summed E-state index contributed by atoms with van der Waals surface area (Å²) < 4.78 is 0. The molecule has 0 saturated heterocycles. The molecule has 0 radical (unpaired) electrons. The lowest BCUT2D eigenvalue weighted by molar-refractivity contribution is -0.121. The topological polar surface area (TPSA) is 65.8 Å². The highest BCUT2D eigenvalue weighted by Crippen LogP contribution is 2.08. The van der Waals surface area contributed by atoms with Crippen molar-refractivity contribution in [2.75, 3.05) is 0 Å². The average molecular weight is 203 g/mol. The molecule has 0 aliphatic carbocycles. The molecule has 1 unspecified atom stereocenters. The number of nitrogens with one attached hydrogen (secondary N) is 1. The van der Waals surface area contributed by atoms with Crippen molar-refractivity contribution >= 4 is 5.91 Å². The summed E-state index contributed by atoms with van der Waals surface area (Å²) in [5, 5.41) is 11.5. The van der Waals surface area contributed by atoms with Crippen molar-refractivity contribution in [3.63, 3.8) is 0 Å². The highest BCUT2D eigenvalue weighted by molar-refractivity contribution is 5.76. The van der Waals surface area contributed by atoms with Gasteiger partial charge in [-0.05, 0) is 18.6 Å². The highest BCUT2D eigenvalue weighted by Gasteiger charge is 2.13. The van der Waals surface area contributed by atoms with Crippen LogP contribution in [0.4, 0.5) is 0 Å². The molecule has 4 heteroatoms. The molecule has 1 aromatic rings. The number of nitriles is 1. The summed E-state index contributed by atoms with van der Waals surface area (Å²) in [7, 11) is 0. The Hall–Kier alpha value is -1.89. The molecule has 1 aromatic heterocycles. The first-order valence-electron chi connectivity index (χ1n) is 4.87. The number of pyridine rings is 1. The standard InChI is InChI=1S/C11H13N3O/c1-2-5-11(15)14-10(8-12)9-6-3-4-7-13-9/h3-4,6-7,10H,2,5H2,1H3,(H,14,15). The molecular weight excluding hydrogens is 190 g/mol. The van der Waals surface area contributed by atoms with Crippen LogP contribution in [0.2, 0.25) is 0 Å². The SMILES string of the molecule is CCCC(=O)NC(C#N)c1ccccn1. The largest absolute Gasteiger partial charge is 0.335 e. The van der Waals surface area contributed by atoms with Gasteiger partial charge in [-0.3, -0.25) is 9.78 Å². The van der Waals surface area contributed by atoms with E-state index in [0.717, 1.165) is 6.42 Å². The lowest BCUT2D eigenvalue weighted by atomic mass is 10.2. The normalized spacial score (nSPS) is 11.5. The maximum absolute atomic E-state index is 11.3. The number of carbonyl (C=O) groups is 1. The molecule has 1 N–H and O–H groups in total. The van der Waals surface area contributed by atoms with Gasteiger partial charge in [0.1, 0.15) is 0 Å². The van der Waals surface area contributed by atoms with Gasteiger partial charge in [0.15, 0.2) is 6.04 Å². The van der Waals surface area contributed by atoms with Crippen LogP contribution in [0.5, 0.6) is 0 Å². The van der Waals surface area contributed by atoms with E-state index in [2.05, 4.69) is 10.3 Å². The summed E-state index contributed by atoms with van der Waals surface area (Å²) in [6.45, 7) is 1.92. The molecule has 0 saturated carbocycles. The second kappa shape index (κ2) is 5.76. The quantitative estimate of drug-likeness (QED) is 0.807. The van der Waals surface area contributed by atoms with Gasteiger partial charge in [-0.25, -0.2) is 0 Å². The number of hydrogen-bond donors (Lipinski definition) is 1. The van der Waals surface area contributed by atoms with Gasteiger partial charge in [0.25, 0.3) is 0 Å². The van der Waals surface area contributed by atoms with Crippen molar-refractivity contribution in [3.8, 4) is 6.07 Å². The van der Waals surface area contributed by atoms with Crippen LogP contribution in [0.15, 0.2) is 24.4 Å². The number of nitrogens with zero attached hydrogens (tertiary/aromatic N) is 2. The monoisotopic (exact) mass is 203 g/mol. The van der Waals surface area contributed by atoms with Crippen molar-refractivity contribution < 1.29 is 4.79 Å². The Kier molecular flexibility index (Phi) is 4.30. The Morgan fingerprint density at radius 2 is 2.47 bits per heavy atom. The number of rotatable bonds is 4. The van der Waals surface area contributed by atoms with Crippen LogP contribution >= 0.6 is 0 Å². The van der Waals surface area contributed by atoms with E-state index < -0.39 is 6.04 Å². The second-order valence-corrected chi connectivity index (χ2v) is 3.13. The van der Waals surface area contributed by atoms with Crippen LogP contribution in [0, 0.1) is 11.3 Å². The molecular formula is C11H13N3O. The summed E-state index contributed by atoms with van der Waals surface area (Å²) in [6, 6.07) is 6.65.